The number of hydrogen-bond donors (Lipinski definition) is 2. The fraction of sp³-hybridized carbons (Fsp3) is 0.538. The molecule has 6 heteroatoms. The van der Waals surface area contributed by atoms with Gasteiger partial charge < -0.3 is 15.2 Å². The second kappa shape index (κ2) is 6.68. The largest absolute Gasteiger partial charge is 0.478 e. The third kappa shape index (κ3) is 4.04. The van der Waals surface area contributed by atoms with Crippen molar-refractivity contribution in [2.45, 2.75) is 38.2 Å². The summed E-state index contributed by atoms with van der Waals surface area (Å²) in [5.74, 6) is -1.17. The zero-order chi connectivity index (χ0) is 13.7. The molecule has 1 saturated heterocycles. The molecule has 0 bridgehead atoms. The van der Waals surface area contributed by atoms with Gasteiger partial charge in [-0.05, 0) is 37.1 Å². The summed E-state index contributed by atoms with van der Waals surface area (Å²) >= 11 is 1.22. The van der Waals surface area contributed by atoms with Crippen LogP contribution < -0.4 is 5.32 Å². The first-order valence-electron chi connectivity index (χ1n) is 6.39. The molecule has 1 aromatic heterocycles. The summed E-state index contributed by atoms with van der Waals surface area (Å²) in [7, 11) is 0. The molecule has 0 spiro atoms. The van der Waals surface area contributed by atoms with Gasteiger partial charge in [0.1, 0.15) is 5.00 Å². The molecule has 1 aliphatic heterocycles. The Bertz CT molecular complexity index is 451. The second-order valence-electron chi connectivity index (χ2n) is 4.54. The Hall–Kier alpha value is -1.40. The number of amides is 1. The van der Waals surface area contributed by atoms with Crippen LogP contribution in [0.1, 0.15) is 42.5 Å². The Balaban J connectivity index is 1.80. The fourth-order valence-electron chi connectivity index (χ4n) is 2.09. The zero-order valence-corrected chi connectivity index (χ0v) is 11.4. The van der Waals surface area contributed by atoms with Crippen LogP contribution in [0.25, 0.3) is 0 Å². The molecule has 2 rings (SSSR count). The Morgan fingerprint density at radius 1 is 1.47 bits per heavy atom. The Kier molecular flexibility index (Phi) is 4.93. The van der Waals surface area contributed by atoms with Gasteiger partial charge >= 0.3 is 5.97 Å². The van der Waals surface area contributed by atoms with Crippen LogP contribution in [-0.2, 0) is 9.53 Å². The highest BCUT2D eigenvalue weighted by Crippen LogP contribution is 2.24. The summed E-state index contributed by atoms with van der Waals surface area (Å²) in [6.45, 7) is 0.778. The summed E-state index contributed by atoms with van der Waals surface area (Å²) in [5.41, 5.74) is 0.146. The van der Waals surface area contributed by atoms with Crippen molar-refractivity contribution < 1.29 is 19.4 Å². The van der Waals surface area contributed by atoms with Gasteiger partial charge in [-0.15, -0.1) is 11.3 Å². The van der Waals surface area contributed by atoms with Crippen LogP contribution in [-0.4, -0.2) is 29.7 Å². The number of anilines is 1. The molecule has 1 aromatic rings. The van der Waals surface area contributed by atoms with E-state index in [4.69, 9.17) is 9.84 Å². The lowest BCUT2D eigenvalue weighted by Crippen LogP contribution is -2.21. The lowest BCUT2D eigenvalue weighted by atomic mass is 10.0. The minimum Gasteiger partial charge on any atom is -0.478 e. The van der Waals surface area contributed by atoms with E-state index >= 15 is 0 Å². The maximum atomic E-state index is 11.8. The Labute approximate surface area is 115 Å². The van der Waals surface area contributed by atoms with Gasteiger partial charge in [-0.2, -0.15) is 0 Å². The summed E-state index contributed by atoms with van der Waals surface area (Å²) in [6.07, 6.45) is 4.48. The molecule has 104 valence electrons. The van der Waals surface area contributed by atoms with Crippen LogP contribution in [0.4, 0.5) is 5.00 Å². The zero-order valence-electron chi connectivity index (χ0n) is 10.6. The number of carbonyl (C=O) groups excluding carboxylic acids is 1. The highest BCUT2D eigenvalue weighted by molar-refractivity contribution is 7.14. The Morgan fingerprint density at radius 2 is 2.32 bits per heavy atom. The molecule has 5 nitrogen and oxygen atoms in total. The van der Waals surface area contributed by atoms with Crippen molar-refractivity contribution in [1.29, 1.82) is 0 Å². The molecule has 2 N–H and O–H groups in total. The van der Waals surface area contributed by atoms with Crippen LogP contribution in [0, 0.1) is 0 Å². The molecule has 0 saturated carbocycles. The molecule has 19 heavy (non-hydrogen) atoms. The smallest absolute Gasteiger partial charge is 0.338 e. The third-order valence-electron chi connectivity index (χ3n) is 3.12. The van der Waals surface area contributed by atoms with Gasteiger partial charge in [-0.25, -0.2) is 4.79 Å². The van der Waals surface area contributed by atoms with Crippen LogP contribution in [0.2, 0.25) is 0 Å². The standard InChI is InChI=1S/C13H17NO4S/c15-11(5-4-9-3-1-2-7-18-9)14-12-10(13(16)17)6-8-19-12/h6,8-9H,1-5,7H2,(H,14,15)(H,16,17). The highest BCUT2D eigenvalue weighted by atomic mass is 32.1. The van der Waals surface area contributed by atoms with Crippen LogP contribution in [0.3, 0.4) is 0 Å². The van der Waals surface area contributed by atoms with E-state index in [2.05, 4.69) is 5.32 Å². The second-order valence-corrected chi connectivity index (χ2v) is 5.46. The number of ether oxygens (including phenoxy) is 1. The molecule has 1 aliphatic rings. The molecule has 0 aliphatic carbocycles. The van der Waals surface area contributed by atoms with E-state index in [1.54, 1.807) is 5.38 Å². The highest BCUT2D eigenvalue weighted by Gasteiger charge is 2.17. The number of rotatable bonds is 5. The molecule has 0 radical (unpaired) electrons. The van der Waals surface area contributed by atoms with E-state index in [0.29, 0.717) is 17.8 Å². The molecule has 2 heterocycles. The minimum absolute atomic E-state index is 0.146. The maximum Gasteiger partial charge on any atom is 0.338 e. The van der Waals surface area contributed by atoms with E-state index in [1.165, 1.54) is 17.4 Å². The minimum atomic E-state index is -1.02. The molecular weight excluding hydrogens is 266 g/mol. The number of carboxylic acid groups (broad SMARTS) is 1. The van der Waals surface area contributed by atoms with Gasteiger partial charge in [-0.3, -0.25) is 4.79 Å². The van der Waals surface area contributed by atoms with Crippen molar-refractivity contribution in [3.05, 3.63) is 17.0 Å². The van der Waals surface area contributed by atoms with Crippen molar-refractivity contribution in [3.63, 3.8) is 0 Å². The van der Waals surface area contributed by atoms with Crippen molar-refractivity contribution in [2.24, 2.45) is 0 Å². The lowest BCUT2D eigenvalue weighted by Gasteiger charge is -2.22. The number of aromatic carboxylic acids is 1. The van der Waals surface area contributed by atoms with Gasteiger partial charge in [0, 0.05) is 13.0 Å². The van der Waals surface area contributed by atoms with E-state index < -0.39 is 5.97 Å². The quantitative estimate of drug-likeness (QED) is 0.871. The third-order valence-corrected chi connectivity index (χ3v) is 3.95. The molecular formula is C13H17NO4S. The number of thiophene rings is 1. The average Bonchev–Trinajstić information content (AvgIpc) is 2.86. The SMILES string of the molecule is O=C(CCC1CCCCO1)Nc1sccc1C(=O)O. The number of hydrogen-bond acceptors (Lipinski definition) is 4. The van der Waals surface area contributed by atoms with Crippen LogP contribution in [0.5, 0.6) is 0 Å². The number of carbonyl (C=O) groups is 2. The predicted molar refractivity (Wildman–Crippen MR) is 72.7 cm³/mol. The monoisotopic (exact) mass is 283 g/mol. The summed E-state index contributed by atoms with van der Waals surface area (Å²) in [4.78, 5) is 22.7. The lowest BCUT2D eigenvalue weighted by molar-refractivity contribution is -0.117. The van der Waals surface area contributed by atoms with Crippen molar-refractivity contribution in [2.75, 3.05) is 11.9 Å². The maximum absolute atomic E-state index is 11.8. The van der Waals surface area contributed by atoms with Crippen LogP contribution in [0.15, 0.2) is 11.4 Å². The van der Waals surface area contributed by atoms with Gasteiger partial charge in [0.05, 0.1) is 11.7 Å². The predicted octanol–water partition coefficient (Wildman–Crippen LogP) is 2.73. The van der Waals surface area contributed by atoms with Gasteiger partial charge in [0.2, 0.25) is 5.91 Å². The van der Waals surface area contributed by atoms with E-state index in [9.17, 15) is 9.59 Å². The van der Waals surface area contributed by atoms with Gasteiger partial charge in [0.15, 0.2) is 0 Å². The summed E-state index contributed by atoms with van der Waals surface area (Å²) in [6, 6.07) is 1.49. The Morgan fingerprint density at radius 3 is 3.00 bits per heavy atom. The average molecular weight is 283 g/mol. The van der Waals surface area contributed by atoms with Gasteiger partial charge in [-0.1, -0.05) is 0 Å². The van der Waals surface area contributed by atoms with E-state index in [1.807, 2.05) is 0 Å². The van der Waals surface area contributed by atoms with Crippen molar-refractivity contribution in [3.8, 4) is 0 Å². The first-order chi connectivity index (χ1) is 9.16. The summed E-state index contributed by atoms with van der Waals surface area (Å²) in [5, 5.41) is 13.7. The summed E-state index contributed by atoms with van der Waals surface area (Å²) < 4.78 is 5.55. The fourth-order valence-corrected chi connectivity index (χ4v) is 2.89. The van der Waals surface area contributed by atoms with Crippen molar-refractivity contribution in [1.82, 2.24) is 0 Å². The van der Waals surface area contributed by atoms with Crippen LogP contribution >= 0.6 is 11.3 Å². The number of nitrogens with one attached hydrogen (secondary N) is 1. The topological polar surface area (TPSA) is 75.6 Å². The molecule has 1 unspecified atom stereocenters. The molecule has 1 amide bonds. The molecule has 1 fully saturated rings. The van der Waals surface area contributed by atoms with E-state index in [-0.39, 0.29) is 17.6 Å². The molecule has 1 atom stereocenters. The number of carboxylic acids is 1. The molecule has 0 aromatic carbocycles. The van der Waals surface area contributed by atoms with Gasteiger partial charge in [0.25, 0.3) is 0 Å². The van der Waals surface area contributed by atoms with E-state index in [0.717, 1.165) is 25.9 Å². The first-order valence-corrected chi connectivity index (χ1v) is 7.27. The van der Waals surface area contributed by atoms with Crippen molar-refractivity contribution >= 4 is 28.2 Å². The first kappa shape index (κ1) is 14.0. The normalized spacial score (nSPS) is 19.1.